The summed E-state index contributed by atoms with van der Waals surface area (Å²) in [6.45, 7) is 24.4. The molecule has 0 spiro atoms. The van der Waals surface area contributed by atoms with E-state index in [4.69, 9.17) is 12.6 Å². The molecule has 28 heavy (non-hydrogen) atoms. The standard InChI is InChI=1S/C23H47BNOS2/c1-12-13-20(4,5)14-23(10,11)24-17(27)18(28)25-19(26)22(8,9)15-21(6,7)16(2)3/h16-18,27-28H,12-15H2,1-11H3,(H,25,26). The highest BCUT2D eigenvalue weighted by Crippen LogP contribution is 2.42. The predicted octanol–water partition coefficient (Wildman–Crippen LogP) is 6.83. The maximum Gasteiger partial charge on any atom is 0.226 e. The van der Waals surface area contributed by atoms with Crippen molar-refractivity contribution in [3.8, 4) is 0 Å². The molecule has 1 amide bonds. The van der Waals surface area contributed by atoms with Crippen LogP contribution >= 0.6 is 25.3 Å². The molecule has 2 nitrogen and oxygen atoms in total. The van der Waals surface area contributed by atoms with Crippen molar-refractivity contribution in [2.45, 2.75) is 118 Å². The van der Waals surface area contributed by atoms with Gasteiger partial charge in [0.05, 0.1) is 5.37 Å². The number of thiol groups is 2. The Morgan fingerprint density at radius 2 is 1.46 bits per heavy atom. The maximum atomic E-state index is 13.0. The second kappa shape index (κ2) is 10.5. The fourth-order valence-corrected chi connectivity index (χ4v) is 5.13. The van der Waals surface area contributed by atoms with Crippen LogP contribution in [-0.2, 0) is 4.79 Å². The van der Waals surface area contributed by atoms with Crippen molar-refractivity contribution in [2.75, 3.05) is 0 Å². The molecule has 0 aliphatic carbocycles. The highest BCUT2D eigenvalue weighted by atomic mass is 32.1. The van der Waals surface area contributed by atoms with Crippen molar-refractivity contribution in [3.63, 3.8) is 0 Å². The van der Waals surface area contributed by atoms with Crippen molar-refractivity contribution in [3.05, 3.63) is 0 Å². The monoisotopic (exact) mass is 428 g/mol. The van der Waals surface area contributed by atoms with E-state index in [1.807, 2.05) is 13.8 Å². The van der Waals surface area contributed by atoms with Gasteiger partial charge in [-0.1, -0.05) is 94.3 Å². The first-order valence-corrected chi connectivity index (χ1v) is 11.9. The van der Waals surface area contributed by atoms with Gasteiger partial charge >= 0.3 is 0 Å². The summed E-state index contributed by atoms with van der Waals surface area (Å²) in [4.78, 5) is 13.0. The molecule has 0 saturated carbocycles. The minimum Gasteiger partial charge on any atom is -0.344 e. The zero-order valence-electron chi connectivity index (χ0n) is 20.4. The van der Waals surface area contributed by atoms with Gasteiger partial charge in [-0.2, -0.15) is 25.3 Å². The SMILES string of the molecule is CCCC(C)(C)CC(C)(C)[B]C(S)C(S)NC(=O)C(C)(C)CC(C)(C)C(C)C. The van der Waals surface area contributed by atoms with Crippen LogP contribution in [-0.4, -0.2) is 23.7 Å². The third-order valence-electron chi connectivity index (χ3n) is 6.16. The molecule has 0 aromatic rings. The molecule has 0 aliphatic rings. The lowest BCUT2D eigenvalue weighted by Crippen LogP contribution is -2.48. The minimum atomic E-state index is -0.444. The lowest BCUT2D eigenvalue weighted by Gasteiger charge is -2.39. The normalized spacial score (nSPS) is 16.1. The van der Waals surface area contributed by atoms with Gasteiger partial charge in [-0.15, -0.1) is 0 Å². The van der Waals surface area contributed by atoms with Crippen LogP contribution in [0.25, 0.3) is 0 Å². The molecule has 0 bridgehead atoms. The van der Waals surface area contributed by atoms with Crippen molar-refractivity contribution >= 4 is 38.4 Å². The molecule has 165 valence electrons. The fourth-order valence-electron chi connectivity index (χ4n) is 4.45. The predicted molar refractivity (Wildman–Crippen MR) is 134 cm³/mol. The van der Waals surface area contributed by atoms with E-state index in [-0.39, 0.29) is 27.2 Å². The Bertz CT molecular complexity index is 501. The Hall–Kier alpha value is 0.235. The molecule has 2 unspecified atom stereocenters. The van der Waals surface area contributed by atoms with Crippen molar-refractivity contribution < 1.29 is 4.79 Å². The molecule has 0 aromatic carbocycles. The molecule has 5 heteroatoms. The summed E-state index contributed by atoms with van der Waals surface area (Å²) in [7, 11) is 2.25. The Labute approximate surface area is 188 Å². The fraction of sp³-hybridized carbons (Fsp3) is 0.957. The zero-order chi connectivity index (χ0) is 22.6. The van der Waals surface area contributed by atoms with Crippen molar-refractivity contribution in [1.29, 1.82) is 0 Å². The number of hydrogen-bond acceptors (Lipinski definition) is 3. The van der Waals surface area contributed by atoms with E-state index in [0.29, 0.717) is 11.3 Å². The minimum absolute atomic E-state index is 0.0337. The first-order valence-electron chi connectivity index (χ1n) is 10.9. The Morgan fingerprint density at radius 1 is 0.964 bits per heavy atom. The molecule has 0 fully saturated rings. The zero-order valence-corrected chi connectivity index (χ0v) is 22.2. The summed E-state index contributed by atoms with van der Waals surface area (Å²) >= 11 is 9.44. The first kappa shape index (κ1) is 28.2. The van der Waals surface area contributed by atoms with Gasteiger partial charge in [0.25, 0.3) is 0 Å². The maximum absolute atomic E-state index is 13.0. The topological polar surface area (TPSA) is 29.1 Å². The highest BCUT2D eigenvalue weighted by Gasteiger charge is 2.38. The number of amides is 1. The molecule has 0 rings (SSSR count). The van der Waals surface area contributed by atoms with Gasteiger partial charge in [0.1, 0.15) is 7.28 Å². The Morgan fingerprint density at radius 3 is 1.89 bits per heavy atom. The van der Waals surface area contributed by atoms with Crippen LogP contribution < -0.4 is 5.32 Å². The van der Waals surface area contributed by atoms with Gasteiger partial charge < -0.3 is 5.32 Å². The average molecular weight is 429 g/mol. The molecular weight excluding hydrogens is 381 g/mol. The van der Waals surface area contributed by atoms with Crippen LogP contribution in [0.15, 0.2) is 0 Å². The summed E-state index contributed by atoms with van der Waals surface area (Å²) in [5, 5.41) is 2.74. The molecule has 1 N–H and O–H groups in total. The van der Waals surface area contributed by atoms with E-state index in [1.165, 1.54) is 12.8 Å². The molecule has 2 atom stereocenters. The number of nitrogens with one attached hydrogen (secondary N) is 1. The van der Waals surface area contributed by atoms with Gasteiger partial charge in [0, 0.05) is 10.6 Å². The number of rotatable bonds is 12. The van der Waals surface area contributed by atoms with E-state index in [9.17, 15) is 4.79 Å². The second-order valence-corrected chi connectivity index (χ2v) is 13.0. The summed E-state index contributed by atoms with van der Waals surface area (Å²) in [6, 6.07) is 0. The van der Waals surface area contributed by atoms with Crippen LogP contribution in [0.1, 0.15) is 102 Å². The van der Waals surface area contributed by atoms with Crippen molar-refractivity contribution in [1.82, 2.24) is 5.32 Å². The van der Waals surface area contributed by atoms with Crippen molar-refractivity contribution in [2.24, 2.45) is 22.2 Å². The molecular formula is C23H47BNOS2. The lowest BCUT2D eigenvalue weighted by atomic mass is 9.48. The second-order valence-electron chi connectivity index (χ2n) is 11.9. The van der Waals surface area contributed by atoms with Crippen LogP contribution in [0.2, 0.25) is 5.31 Å². The first-order chi connectivity index (χ1) is 12.4. The third-order valence-corrected chi connectivity index (χ3v) is 7.29. The molecule has 0 heterocycles. The smallest absolute Gasteiger partial charge is 0.226 e. The van der Waals surface area contributed by atoms with E-state index in [1.54, 1.807) is 0 Å². The molecule has 0 aliphatic heterocycles. The lowest BCUT2D eigenvalue weighted by molar-refractivity contribution is -0.131. The summed E-state index contributed by atoms with van der Waals surface area (Å²) in [6.07, 6.45) is 4.33. The highest BCUT2D eigenvalue weighted by molar-refractivity contribution is 7.86. The summed E-state index contributed by atoms with van der Waals surface area (Å²) in [5.41, 5.74) is -0.0465. The van der Waals surface area contributed by atoms with Crippen LogP contribution in [0.3, 0.4) is 0 Å². The number of carbonyl (C=O) groups excluding carboxylic acids is 1. The summed E-state index contributed by atoms with van der Waals surface area (Å²) < 4.78 is 0. The van der Waals surface area contributed by atoms with E-state index in [0.717, 1.165) is 12.8 Å². The van der Waals surface area contributed by atoms with Gasteiger partial charge in [-0.3, -0.25) is 4.79 Å². The van der Waals surface area contributed by atoms with Crippen LogP contribution in [0.4, 0.5) is 0 Å². The number of hydrogen-bond donors (Lipinski definition) is 3. The van der Waals surface area contributed by atoms with Crippen LogP contribution in [0, 0.1) is 22.2 Å². The largest absolute Gasteiger partial charge is 0.344 e. The van der Waals surface area contributed by atoms with E-state index in [2.05, 4.69) is 87.5 Å². The number of carbonyl (C=O) groups is 1. The molecule has 0 aromatic heterocycles. The van der Waals surface area contributed by atoms with E-state index < -0.39 is 5.41 Å². The van der Waals surface area contributed by atoms with E-state index >= 15 is 0 Å². The molecule has 0 saturated heterocycles. The van der Waals surface area contributed by atoms with Gasteiger partial charge in [0.15, 0.2) is 0 Å². The average Bonchev–Trinajstić information content (AvgIpc) is 2.43. The van der Waals surface area contributed by atoms with Gasteiger partial charge in [-0.05, 0) is 29.6 Å². The van der Waals surface area contributed by atoms with Gasteiger partial charge in [0.2, 0.25) is 5.91 Å². The summed E-state index contributed by atoms with van der Waals surface area (Å²) in [5.74, 6) is 0.572. The van der Waals surface area contributed by atoms with Gasteiger partial charge in [-0.25, -0.2) is 0 Å². The third kappa shape index (κ3) is 9.83. The Balaban J connectivity index is 4.92. The Kier molecular flexibility index (Phi) is 10.6. The quantitative estimate of drug-likeness (QED) is 0.177. The van der Waals surface area contributed by atoms with Crippen LogP contribution in [0.5, 0.6) is 0 Å². The molecule has 1 radical (unpaired) electrons.